The first-order chi connectivity index (χ1) is 38.2. The number of phosphoric ester groups is 2. The van der Waals surface area contributed by atoms with Gasteiger partial charge in [-0.3, -0.25) is 32.5 Å². The smallest absolute Gasteiger partial charge is 0.463 e. The van der Waals surface area contributed by atoms with Gasteiger partial charge in [0.1, 0.15) is 25.4 Å². The molecular formula is C61H118O16P2. The number of aliphatic hydroxyl groups excluding tert-OH is 2. The Morgan fingerprint density at radius 1 is 0.342 bits per heavy atom. The number of unbranched alkanes of at least 4 members (excludes halogenated alkanes) is 37. The maximum absolute atomic E-state index is 12.9. The molecule has 0 radical (unpaired) electrons. The van der Waals surface area contributed by atoms with Crippen molar-refractivity contribution in [3.63, 3.8) is 0 Å². The summed E-state index contributed by atoms with van der Waals surface area (Å²) in [7, 11) is -9.74. The van der Waals surface area contributed by atoms with E-state index in [4.69, 9.17) is 32.3 Å². The minimum Gasteiger partial charge on any atom is -0.463 e. The molecule has 5 unspecified atom stereocenters. The van der Waals surface area contributed by atoms with E-state index in [0.29, 0.717) is 19.3 Å². The number of carbonyl (C=O) groups is 3. The molecule has 16 nitrogen and oxygen atoms in total. The first-order valence-corrected chi connectivity index (χ1v) is 35.0. The lowest BCUT2D eigenvalue weighted by Gasteiger charge is -2.21. The first kappa shape index (κ1) is 77.3. The number of aliphatic hydroxyl groups is 2. The van der Waals surface area contributed by atoms with Crippen LogP contribution in [0, 0.1) is 0 Å². The fraction of sp³-hybridized carbons (Fsp3) is 0.918. The third-order valence-electron chi connectivity index (χ3n) is 14.0. The standard InChI is InChI=1S/C61H118O16P2/c1-4-7-10-13-16-19-22-25-27-30-32-35-38-41-44-47-59(64)71-50-56(62)51-73-78(67,68)74-52-57(63)53-75-79(69,70)76-55-58(77-61(66)49-46-43-40-37-34-29-24-21-18-15-12-9-6-3)54-72-60(65)48-45-42-39-36-33-31-28-26-23-20-17-14-11-8-5-2/h25,27,56-58,62-63H,4-24,26,28-55H2,1-3H3,(H,67,68)(H,69,70)/b27-25-. The number of carbonyl (C=O) groups excluding carboxylic acids is 3. The Labute approximate surface area is 481 Å². The summed E-state index contributed by atoms with van der Waals surface area (Å²) in [6, 6.07) is 0. The van der Waals surface area contributed by atoms with Crippen LogP contribution in [-0.2, 0) is 55.8 Å². The average Bonchev–Trinajstić information content (AvgIpc) is 3.42. The highest BCUT2D eigenvalue weighted by Crippen LogP contribution is 2.45. The summed E-state index contributed by atoms with van der Waals surface area (Å²) in [5.41, 5.74) is 0. The van der Waals surface area contributed by atoms with Crippen molar-refractivity contribution in [1.29, 1.82) is 0 Å². The number of hydrogen-bond acceptors (Lipinski definition) is 14. The SMILES string of the molecule is CCCCCCCC/C=C\CCCCCCCC(=O)OCC(O)COP(=O)(O)OCC(O)COP(=O)(O)OCC(COC(=O)CCCCCCCCCCCCCCCCC)OC(=O)CCCCCCCCCCCCCCC. The number of allylic oxidation sites excluding steroid dienone is 2. The Morgan fingerprint density at radius 3 is 0.924 bits per heavy atom. The van der Waals surface area contributed by atoms with Crippen LogP contribution < -0.4 is 0 Å². The van der Waals surface area contributed by atoms with Crippen LogP contribution in [0.4, 0.5) is 0 Å². The van der Waals surface area contributed by atoms with E-state index < -0.39 is 91.5 Å². The zero-order valence-electron chi connectivity index (χ0n) is 50.3. The predicted molar refractivity (Wildman–Crippen MR) is 317 cm³/mol. The van der Waals surface area contributed by atoms with Gasteiger partial charge in [0.2, 0.25) is 0 Å². The van der Waals surface area contributed by atoms with Crippen molar-refractivity contribution in [2.75, 3.05) is 39.6 Å². The summed E-state index contributed by atoms with van der Waals surface area (Å²) in [4.78, 5) is 58.1. The van der Waals surface area contributed by atoms with Crippen molar-refractivity contribution in [3.8, 4) is 0 Å². The van der Waals surface area contributed by atoms with Gasteiger partial charge < -0.3 is 34.2 Å². The molecule has 0 aromatic heterocycles. The van der Waals surface area contributed by atoms with Crippen LogP contribution in [0.3, 0.4) is 0 Å². The van der Waals surface area contributed by atoms with Crippen LogP contribution in [0.2, 0.25) is 0 Å². The maximum Gasteiger partial charge on any atom is 0.472 e. The van der Waals surface area contributed by atoms with E-state index >= 15 is 0 Å². The molecule has 0 rings (SSSR count). The Hall–Kier alpha value is -1.71. The highest BCUT2D eigenvalue weighted by molar-refractivity contribution is 7.47. The van der Waals surface area contributed by atoms with E-state index in [9.17, 15) is 43.5 Å². The van der Waals surface area contributed by atoms with E-state index in [1.165, 1.54) is 167 Å². The Morgan fingerprint density at radius 2 is 0.595 bits per heavy atom. The summed E-state index contributed by atoms with van der Waals surface area (Å²) in [5, 5.41) is 20.5. The molecule has 0 spiro atoms. The van der Waals surface area contributed by atoms with E-state index in [-0.39, 0.29) is 19.3 Å². The quantitative estimate of drug-likeness (QED) is 0.0146. The van der Waals surface area contributed by atoms with Crippen LogP contribution in [0.5, 0.6) is 0 Å². The fourth-order valence-corrected chi connectivity index (χ4v) is 10.6. The molecule has 4 N–H and O–H groups in total. The van der Waals surface area contributed by atoms with Crippen LogP contribution in [0.15, 0.2) is 12.2 Å². The van der Waals surface area contributed by atoms with E-state index in [0.717, 1.165) is 77.0 Å². The van der Waals surface area contributed by atoms with Gasteiger partial charge in [0, 0.05) is 19.3 Å². The molecule has 0 aliphatic carbocycles. The molecule has 0 fully saturated rings. The zero-order valence-corrected chi connectivity index (χ0v) is 52.1. The Kier molecular flexibility index (Phi) is 55.5. The van der Waals surface area contributed by atoms with Crippen molar-refractivity contribution in [2.45, 2.75) is 322 Å². The van der Waals surface area contributed by atoms with Gasteiger partial charge in [-0.25, -0.2) is 9.13 Å². The third-order valence-corrected chi connectivity index (χ3v) is 15.9. The second-order valence-corrected chi connectivity index (χ2v) is 24.8. The normalized spacial score (nSPS) is 14.5. The van der Waals surface area contributed by atoms with Gasteiger partial charge in [0.15, 0.2) is 6.10 Å². The number of hydrogen-bond donors (Lipinski definition) is 4. The predicted octanol–water partition coefficient (Wildman–Crippen LogP) is 16.8. The highest BCUT2D eigenvalue weighted by Gasteiger charge is 2.29. The monoisotopic (exact) mass is 1170 g/mol. The molecule has 5 atom stereocenters. The van der Waals surface area contributed by atoms with Crippen LogP contribution in [0.1, 0.15) is 303 Å². The first-order valence-electron chi connectivity index (χ1n) is 32.0. The van der Waals surface area contributed by atoms with Crippen LogP contribution in [0.25, 0.3) is 0 Å². The van der Waals surface area contributed by atoms with Gasteiger partial charge in [-0.15, -0.1) is 0 Å². The van der Waals surface area contributed by atoms with Crippen LogP contribution >= 0.6 is 15.6 Å². The van der Waals surface area contributed by atoms with Crippen molar-refractivity contribution in [1.82, 2.24) is 0 Å². The fourth-order valence-electron chi connectivity index (χ4n) is 9.04. The molecular weight excluding hydrogens is 1050 g/mol. The molecule has 18 heteroatoms. The zero-order chi connectivity index (χ0) is 58.2. The second kappa shape index (κ2) is 56.8. The molecule has 0 amide bonds. The molecule has 0 aromatic rings. The third kappa shape index (κ3) is 57.9. The Bertz CT molecular complexity index is 1520. The molecule has 0 saturated heterocycles. The average molecular weight is 1170 g/mol. The minimum atomic E-state index is -4.90. The van der Waals surface area contributed by atoms with Crippen molar-refractivity contribution in [2.24, 2.45) is 0 Å². The highest BCUT2D eigenvalue weighted by atomic mass is 31.2. The van der Waals surface area contributed by atoms with Crippen molar-refractivity contribution >= 4 is 33.6 Å². The van der Waals surface area contributed by atoms with Gasteiger partial charge in [-0.2, -0.15) is 0 Å². The molecule has 0 aliphatic heterocycles. The van der Waals surface area contributed by atoms with Gasteiger partial charge in [0.25, 0.3) is 0 Å². The van der Waals surface area contributed by atoms with Gasteiger partial charge >= 0.3 is 33.6 Å². The lowest BCUT2D eigenvalue weighted by Crippen LogP contribution is -2.30. The van der Waals surface area contributed by atoms with Gasteiger partial charge in [-0.1, -0.05) is 251 Å². The van der Waals surface area contributed by atoms with E-state index in [1.807, 2.05) is 0 Å². The van der Waals surface area contributed by atoms with Gasteiger partial charge in [-0.05, 0) is 44.9 Å². The van der Waals surface area contributed by atoms with E-state index in [1.54, 1.807) is 0 Å². The molecule has 0 aliphatic rings. The molecule has 0 aromatic carbocycles. The topological polar surface area (TPSA) is 231 Å². The summed E-state index contributed by atoms with van der Waals surface area (Å²) in [6.45, 7) is 2.70. The summed E-state index contributed by atoms with van der Waals surface area (Å²) in [5.74, 6) is -1.56. The van der Waals surface area contributed by atoms with Crippen molar-refractivity contribution in [3.05, 3.63) is 12.2 Å². The number of rotatable bonds is 62. The molecule has 468 valence electrons. The largest absolute Gasteiger partial charge is 0.472 e. The second-order valence-electron chi connectivity index (χ2n) is 21.9. The number of phosphoric acid groups is 2. The number of ether oxygens (including phenoxy) is 3. The Balaban J connectivity index is 4.65. The molecule has 0 saturated carbocycles. The lowest BCUT2D eigenvalue weighted by atomic mass is 10.0. The maximum atomic E-state index is 12.9. The molecule has 79 heavy (non-hydrogen) atoms. The number of esters is 3. The van der Waals surface area contributed by atoms with Crippen LogP contribution in [-0.4, -0.2) is 95.9 Å². The molecule has 0 heterocycles. The minimum absolute atomic E-state index is 0.115. The van der Waals surface area contributed by atoms with Gasteiger partial charge in [0.05, 0.1) is 26.4 Å². The summed E-state index contributed by atoms with van der Waals surface area (Å²) >= 11 is 0. The summed E-state index contributed by atoms with van der Waals surface area (Å²) < 4.78 is 60.7. The summed E-state index contributed by atoms with van der Waals surface area (Å²) in [6.07, 6.45) is 48.4. The van der Waals surface area contributed by atoms with Crippen molar-refractivity contribution < 1.29 is 75.8 Å². The molecule has 0 bridgehead atoms. The van der Waals surface area contributed by atoms with E-state index in [2.05, 4.69) is 32.9 Å². The lowest BCUT2D eigenvalue weighted by molar-refractivity contribution is -0.161.